The molecule has 3 aromatic carbocycles. The lowest BCUT2D eigenvalue weighted by Gasteiger charge is -2.29. The van der Waals surface area contributed by atoms with Gasteiger partial charge in [0.05, 0.1) is 13.2 Å². The molecule has 0 amide bonds. The molecule has 0 unspecified atom stereocenters. The second-order valence-electron chi connectivity index (χ2n) is 8.32. The summed E-state index contributed by atoms with van der Waals surface area (Å²) < 4.78 is 51.9. The summed E-state index contributed by atoms with van der Waals surface area (Å²) in [4.78, 5) is 0. The van der Waals surface area contributed by atoms with E-state index in [1.54, 1.807) is 12.1 Å². The molecule has 0 spiro atoms. The highest BCUT2D eigenvalue weighted by Gasteiger charge is 2.21. The van der Waals surface area contributed by atoms with E-state index in [9.17, 15) is 13.2 Å². The quantitative estimate of drug-likeness (QED) is 0.363. The van der Waals surface area contributed by atoms with Crippen LogP contribution < -0.4 is 0 Å². The van der Waals surface area contributed by atoms with Gasteiger partial charge in [0, 0.05) is 12.3 Å². The van der Waals surface area contributed by atoms with Crippen molar-refractivity contribution in [2.24, 2.45) is 5.92 Å². The Morgan fingerprint density at radius 3 is 1.75 bits per heavy atom. The molecule has 0 atom stereocenters. The molecule has 1 heterocycles. The van der Waals surface area contributed by atoms with Crippen LogP contribution in [0.15, 0.2) is 60.7 Å². The van der Waals surface area contributed by atoms with E-state index >= 15 is 0 Å². The van der Waals surface area contributed by atoms with Crippen LogP contribution in [0.3, 0.4) is 0 Å². The van der Waals surface area contributed by atoms with Crippen LogP contribution in [0.1, 0.15) is 31.7 Å². The van der Waals surface area contributed by atoms with Crippen LogP contribution >= 0.6 is 0 Å². The fourth-order valence-corrected chi connectivity index (χ4v) is 4.05. The van der Waals surface area contributed by atoms with Gasteiger partial charge in [0.15, 0.2) is 23.7 Å². The van der Waals surface area contributed by atoms with E-state index in [-0.39, 0.29) is 6.29 Å². The number of aryl methyl sites for hydroxylation is 1. The van der Waals surface area contributed by atoms with Gasteiger partial charge in [-0.2, -0.15) is 0 Å². The summed E-state index contributed by atoms with van der Waals surface area (Å²) in [5.74, 6) is -3.32. The Bertz CT molecular complexity index is 1000. The fraction of sp³-hybridized carbons (Fsp3) is 0.333. The average molecular weight is 441 g/mol. The number of hydrogen-bond donors (Lipinski definition) is 0. The topological polar surface area (TPSA) is 18.5 Å². The summed E-state index contributed by atoms with van der Waals surface area (Å²) >= 11 is 0. The summed E-state index contributed by atoms with van der Waals surface area (Å²) in [7, 11) is 0. The molecule has 0 bridgehead atoms. The van der Waals surface area contributed by atoms with Crippen LogP contribution in [0.4, 0.5) is 13.2 Å². The molecule has 0 N–H and O–H groups in total. The van der Waals surface area contributed by atoms with Crippen LogP contribution in [0.2, 0.25) is 0 Å². The van der Waals surface area contributed by atoms with Crippen molar-refractivity contribution < 1.29 is 22.6 Å². The van der Waals surface area contributed by atoms with Gasteiger partial charge in [-0.25, -0.2) is 13.2 Å². The molecule has 0 radical (unpaired) electrons. The van der Waals surface area contributed by atoms with Crippen molar-refractivity contribution in [2.45, 2.75) is 38.9 Å². The van der Waals surface area contributed by atoms with E-state index in [0.29, 0.717) is 17.0 Å². The molecule has 2 nitrogen and oxygen atoms in total. The van der Waals surface area contributed by atoms with E-state index in [1.165, 1.54) is 5.56 Å². The number of ether oxygens (including phenoxy) is 2. The summed E-state index contributed by atoms with van der Waals surface area (Å²) in [6.45, 7) is 3.74. The van der Waals surface area contributed by atoms with Crippen molar-refractivity contribution in [2.75, 3.05) is 13.2 Å². The van der Waals surface area contributed by atoms with Gasteiger partial charge in [-0.1, -0.05) is 61.9 Å². The number of rotatable bonds is 7. The zero-order chi connectivity index (χ0) is 22.5. The van der Waals surface area contributed by atoms with Crippen molar-refractivity contribution in [3.63, 3.8) is 0 Å². The van der Waals surface area contributed by atoms with E-state index in [0.717, 1.165) is 62.2 Å². The minimum absolute atomic E-state index is 0.128. The lowest BCUT2D eigenvalue weighted by atomic mass is 9.98. The zero-order valence-corrected chi connectivity index (χ0v) is 18.1. The first-order chi connectivity index (χ1) is 15.5. The maximum absolute atomic E-state index is 13.5. The molecule has 3 aromatic rings. The van der Waals surface area contributed by atoms with Crippen LogP contribution in [0.25, 0.3) is 22.3 Å². The largest absolute Gasteiger partial charge is 0.352 e. The van der Waals surface area contributed by atoms with Crippen molar-refractivity contribution in [1.29, 1.82) is 0 Å². The molecular weight excluding hydrogens is 413 g/mol. The smallest absolute Gasteiger partial charge is 0.194 e. The minimum atomic E-state index is -1.45. The fourth-order valence-electron chi connectivity index (χ4n) is 4.05. The highest BCUT2D eigenvalue weighted by atomic mass is 19.2. The molecule has 1 saturated heterocycles. The van der Waals surface area contributed by atoms with Gasteiger partial charge >= 0.3 is 0 Å². The lowest BCUT2D eigenvalue weighted by molar-refractivity contribution is -0.203. The Labute approximate surface area is 187 Å². The predicted octanol–water partition coefficient (Wildman–Crippen LogP) is 7.16. The molecule has 1 aliphatic rings. The van der Waals surface area contributed by atoms with Gasteiger partial charge in [-0.05, 0) is 52.8 Å². The van der Waals surface area contributed by atoms with Crippen LogP contribution in [-0.2, 0) is 15.9 Å². The molecule has 5 heteroatoms. The van der Waals surface area contributed by atoms with E-state index in [4.69, 9.17) is 9.47 Å². The lowest BCUT2D eigenvalue weighted by Crippen LogP contribution is -2.32. The molecule has 1 aliphatic heterocycles. The third kappa shape index (κ3) is 5.40. The third-order valence-corrected chi connectivity index (χ3v) is 5.89. The van der Waals surface area contributed by atoms with Gasteiger partial charge in [0.25, 0.3) is 0 Å². The first-order valence-corrected chi connectivity index (χ1v) is 11.1. The Balaban J connectivity index is 1.35. The SMILES string of the molecule is CCCC1COC(CCc2ccc(-c3ccc(-c4cc(F)c(F)c(F)c4)cc3)cc2)OC1. The van der Waals surface area contributed by atoms with Gasteiger partial charge in [0.2, 0.25) is 0 Å². The molecule has 32 heavy (non-hydrogen) atoms. The summed E-state index contributed by atoms with van der Waals surface area (Å²) in [6, 6.07) is 17.6. The molecule has 0 aliphatic carbocycles. The predicted molar refractivity (Wildman–Crippen MR) is 120 cm³/mol. The van der Waals surface area contributed by atoms with Crippen LogP contribution in [0, 0.1) is 23.4 Å². The Morgan fingerprint density at radius 2 is 1.22 bits per heavy atom. The summed E-state index contributed by atoms with van der Waals surface area (Å²) in [5.41, 5.74) is 4.17. The molecular formula is C27H27F3O2. The summed E-state index contributed by atoms with van der Waals surface area (Å²) in [5, 5.41) is 0. The average Bonchev–Trinajstić information content (AvgIpc) is 2.82. The second-order valence-corrected chi connectivity index (χ2v) is 8.32. The molecule has 1 fully saturated rings. The van der Waals surface area contributed by atoms with Crippen molar-refractivity contribution in [3.05, 3.63) is 83.7 Å². The molecule has 168 valence electrons. The van der Waals surface area contributed by atoms with Gasteiger partial charge in [-0.15, -0.1) is 0 Å². The number of hydrogen-bond acceptors (Lipinski definition) is 2. The monoisotopic (exact) mass is 440 g/mol. The highest BCUT2D eigenvalue weighted by molar-refractivity contribution is 5.70. The zero-order valence-electron chi connectivity index (χ0n) is 18.1. The molecule has 4 rings (SSSR count). The first kappa shape index (κ1) is 22.6. The number of benzene rings is 3. The standard InChI is InChI=1S/C27H27F3O2/c1-2-3-19-16-31-26(32-17-19)13-6-18-4-7-20(8-5-18)21-9-11-22(12-10-21)23-14-24(28)27(30)25(29)15-23/h4-5,7-12,14-15,19,26H,2-3,6,13,16-17H2,1H3. The molecule has 0 aromatic heterocycles. The van der Waals surface area contributed by atoms with Crippen molar-refractivity contribution in [1.82, 2.24) is 0 Å². The van der Waals surface area contributed by atoms with Gasteiger partial charge < -0.3 is 9.47 Å². The Kier molecular flexibility index (Phi) is 7.28. The van der Waals surface area contributed by atoms with Gasteiger partial charge in [0.1, 0.15) is 0 Å². The second kappa shape index (κ2) is 10.3. The van der Waals surface area contributed by atoms with Crippen molar-refractivity contribution >= 4 is 0 Å². The minimum Gasteiger partial charge on any atom is -0.352 e. The Morgan fingerprint density at radius 1 is 0.719 bits per heavy atom. The highest BCUT2D eigenvalue weighted by Crippen LogP contribution is 2.28. The van der Waals surface area contributed by atoms with Crippen molar-refractivity contribution in [3.8, 4) is 22.3 Å². The maximum atomic E-state index is 13.5. The molecule has 0 saturated carbocycles. The van der Waals surface area contributed by atoms with Crippen LogP contribution in [-0.4, -0.2) is 19.5 Å². The van der Waals surface area contributed by atoms with Crippen LogP contribution in [0.5, 0.6) is 0 Å². The Hall–Kier alpha value is -2.63. The van der Waals surface area contributed by atoms with E-state index in [1.807, 2.05) is 12.1 Å². The van der Waals surface area contributed by atoms with E-state index < -0.39 is 17.5 Å². The van der Waals surface area contributed by atoms with Gasteiger partial charge in [-0.3, -0.25) is 0 Å². The normalized spacial score (nSPS) is 18.6. The van der Waals surface area contributed by atoms with E-state index in [2.05, 4.69) is 31.2 Å². The maximum Gasteiger partial charge on any atom is 0.194 e. The number of halogens is 3. The third-order valence-electron chi connectivity index (χ3n) is 5.89. The first-order valence-electron chi connectivity index (χ1n) is 11.1. The summed E-state index contributed by atoms with van der Waals surface area (Å²) in [6.07, 6.45) is 3.88.